The van der Waals surface area contributed by atoms with Crippen LogP contribution in [0.2, 0.25) is 0 Å². The molecular formula is C16H30O4. The highest BCUT2D eigenvalue weighted by molar-refractivity contribution is 5.69. The Morgan fingerprint density at radius 1 is 0.850 bits per heavy atom. The van der Waals surface area contributed by atoms with E-state index in [1.165, 1.54) is 57.8 Å². The zero-order valence-corrected chi connectivity index (χ0v) is 12.9. The Balaban J connectivity index is 3.08. The topological polar surface area (TPSA) is 52.6 Å². The van der Waals surface area contributed by atoms with Gasteiger partial charge in [0.25, 0.3) is 6.47 Å². The zero-order chi connectivity index (χ0) is 14.9. The molecule has 0 fully saturated rings. The molecule has 4 heteroatoms. The third kappa shape index (κ3) is 15.0. The lowest BCUT2D eigenvalue weighted by Gasteiger charge is -2.03. The standard InChI is InChI=1S/C16H30O4/c1-2-3-4-5-6-7-8-9-10-11-12-13-16(18)20-15-19-14-17/h14H,2-13,15H2,1H3. The van der Waals surface area contributed by atoms with E-state index in [0.29, 0.717) is 6.42 Å². The Hall–Kier alpha value is -1.06. The number of rotatable bonds is 15. The Morgan fingerprint density at radius 3 is 1.85 bits per heavy atom. The SMILES string of the molecule is CCCCCCCCCCCCCC(=O)OCOC=O. The summed E-state index contributed by atoms with van der Waals surface area (Å²) >= 11 is 0. The van der Waals surface area contributed by atoms with Crippen molar-refractivity contribution in [2.45, 2.75) is 84.0 Å². The molecule has 0 aliphatic rings. The maximum atomic E-state index is 11.2. The highest BCUT2D eigenvalue weighted by Gasteiger charge is 2.02. The summed E-state index contributed by atoms with van der Waals surface area (Å²) in [5.74, 6) is -0.289. The number of hydrogen-bond acceptors (Lipinski definition) is 4. The van der Waals surface area contributed by atoms with Crippen LogP contribution < -0.4 is 0 Å². The van der Waals surface area contributed by atoms with Crippen LogP contribution in [-0.4, -0.2) is 19.2 Å². The molecule has 0 rings (SSSR count). The van der Waals surface area contributed by atoms with Crippen LogP contribution in [0.25, 0.3) is 0 Å². The van der Waals surface area contributed by atoms with Crippen LogP contribution in [0, 0.1) is 0 Å². The first kappa shape index (κ1) is 18.9. The van der Waals surface area contributed by atoms with E-state index in [1.807, 2.05) is 0 Å². The van der Waals surface area contributed by atoms with Crippen molar-refractivity contribution in [3.63, 3.8) is 0 Å². The Morgan fingerprint density at radius 2 is 1.35 bits per heavy atom. The van der Waals surface area contributed by atoms with Gasteiger partial charge in [-0.25, -0.2) is 0 Å². The Kier molecular flexibility index (Phi) is 15.1. The van der Waals surface area contributed by atoms with Gasteiger partial charge in [0.05, 0.1) is 0 Å². The molecule has 0 atom stereocenters. The van der Waals surface area contributed by atoms with Crippen molar-refractivity contribution in [3.05, 3.63) is 0 Å². The van der Waals surface area contributed by atoms with Crippen LogP contribution >= 0.6 is 0 Å². The predicted octanol–water partition coefficient (Wildman–Crippen LogP) is 4.36. The van der Waals surface area contributed by atoms with Crippen molar-refractivity contribution >= 4 is 12.4 Å². The summed E-state index contributed by atoms with van der Waals surface area (Å²) < 4.78 is 8.97. The molecule has 0 saturated heterocycles. The second-order valence-electron chi connectivity index (χ2n) is 5.18. The molecular weight excluding hydrogens is 256 g/mol. The van der Waals surface area contributed by atoms with Crippen LogP contribution in [0.5, 0.6) is 0 Å². The number of carbonyl (C=O) groups is 2. The van der Waals surface area contributed by atoms with E-state index >= 15 is 0 Å². The third-order valence-electron chi connectivity index (χ3n) is 3.34. The second kappa shape index (κ2) is 16.0. The molecule has 118 valence electrons. The maximum absolute atomic E-state index is 11.2. The van der Waals surface area contributed by atoms with Crippen LogP contribution in [0.3, 0.4) is 0 Å². The fraction of sp³-hybridized carbons (Fsp3) is 0.875. The molecule has 0 radical (unpaired) electrons. The van der Waals surface area contributed by atoms with E-state index in [4.69, 9.17) is 0 Å². The van der Waals surface area contributed by atoms with Gasteiger partial charge in [-0.05, 0) is 6.42 Å². The third-order valence-corrected chi connectivity index (χ3v) is 3.34. The molecule has 0 saturated carbocycles. The minimum atomic E-state index is -0.289. The number of esters is 1. The molecule has 0 N–H and O–H groups in total. The Labute approximate surface area is 123 Å². The van der Waals surface area contributed by atoms with Crippen LogP contribution in [0.4, 0.5) is 0 Å². The van der Waals surface area contributed by atoms with E-state index in [0.717, 1.165) is 12.8 Å². The lowest BCUT2D eigenvalue weighted by molar-refractivity contribution is -0.160. The minimum Gasteiger partial charge on any atom is -0.430 e. The fourth-order valence-electron chi connectivity index (χ4n) is 2.13. The summed E-state index contributed by atoms with van der Waals surface area (Å²) in [5, 5.41) is 0. The number of hydrogen-bond donors (Lipinski definition) is 0. The van der Waals surface area contributed by atoms with Crippen molar-refractivity contribution in [1.29, 1.82) is 0 Å². The van der Waals surface area contributed by atoms with Gasteiger partial charge in [0.15, 0.2) is 0 Å². The van der Waals surface area contributed by atoms with Crippen molar-refractivity contribution in [2.24, 2.45) is 0 Å². The summed E-state index contributed by atoms with van der Waals surface area (Å²) in [7, 11) is 0. The first-order chi connectivity index (χ1) is 9.81. The van der Waals surface area contributed by atoms with Gasteiger partial charge in [0.1, 0.15) is 0 Å². The summed E-state index contributed by atoms with van der Waals surface area (Å²) in [6.45, 7) is 2.25. The van der Waals surface area contributed by atoms with Crippen LogP contribution in [0.1, 0.15) is 84.0 Å². The molecule has 0 amide bonds. The molecule has 0 aromatic carbocycles. The quantitative estimate of drug-likeness (QED) is 0.194. The average Bonchev–Trinajstić information content (AvgIpc) is 2.45. The van der Waals surface area contributed by atoms with Crippen molar-refractivity contribution in [1.82, 2.24) is 0 Å². The van der Waals surface area contributed by atoms with Gasteiger partial charge in [-0.15, -0.1) is 0 Å². The van der Waals surface area contributed by atoms with Crippen molar-refractivity contribution in [3.8, 4) is 0 Å². The van der Waals surface area contributed by atoms with E-state index in [9.17, 15) is 9.59 Å². The van der Waals surface area contributed by atoms with Crippen molar-refractivity contribution < 1.29 is 19.1 Å². The first-order valence-electron chi connectivity index (χ1n) is 8.02. The lowest BCUT2D eigenvalue weighted by atomic mass is 10.1. The van der Waals surface area contributed by atoms with E-state index < -0.39 is 0 Å². The Bertz CT molecular complexity index is 229. The smallest absolute Gasteiger partial charge is 0.308 e. The van der Waals surface area contributed by atoms with E-state index in [-0.39, 0.29) is 19.2 Å². The molecule has 0 spiro atoms. The predicted molar refractivity (Wildman–Crippen MR) is 79.2 cm³/mol. The molecule has 20 heavy (non-hydrogen) atoms. The molecule has 0 aliphatic carbocycles. The van der Waals surface area contributed by atoms with Gasteiger partial charge < -0.3 is 9.47 Å². The van der Waals surface area contributed by atoms with Gasteiger partial charge in [0, 0.05) is 6.42 Å². The molecule has 4 nitrogen and oxygen atoms in total. The van der Waals surface area contributed by atoms with Gasteiger partial charge in [-0.2, -0.15) is 0 Å². The molecule has 0 heterocycles. The molecule has 0 aliphatic heterocycles. The highest BCUT2D eigenvalue weighted by Crippen LogP contribution is 2.12. The second-order valence-corrected chi connectivity index (χ2v) is 5.18. The fourth-order valence-corrected chi connectivity index (χ4v) is 2.13. The summed E-state index contributed by atoms with van der Waals surface area (Å²) in [4.78, 5) is 21.0. The number of carbonyl (C=O) groups excluding carboxylic acids is 2. The highest BCUT2D eigenvalue weighted by atomic mass is 16.7. The molecule has 0 aromatic rings. The number of unbranched alkanes of at least 4 members (excludes halogenated alkanes) is 10. The zero-order valence-electron chi connectivity index (χ0n) is 12.9. The average molecular weight is 286 g/mol. The van der Waals surface area contributed by atoms with Gasteiger partial charge in [-0.1, -0.05) is 71.1 Å². The lowest BCUT2D eigenvalue weighted by Crippen LogP contribution is -2.07. The molecule has 0 unspecified atom stereocenters. The van der Waals surface area contributed by atoms with Crippen LogP contribution in [0.15, 0.2) is 0 Å². The largest absolute Gasteiger partial charge is 0.430 e. The summed E-state index contributed by atoms with van der Waals surface area (Å²) in [6.07, 6.45) is 14.2. The van der Waals surface area contributed by atoms with Gasteiger partial charge in [0.2, 0.25) is 6.79 Å². The normalized spacial score (nSPS) is 10.2. The molecule has 0 bridgehead atoms. The van der Waals surface area contributed by atoms with E-state index in [1.54, 1.807) is 0 Å². The monoisotopic (exact) mass is 286 g/mol. The number of ether oxygens (including phenoxy) is 2. The van der Waals surface area contributed by atoms with Crippen LogP contribution in [-0.2, 0) is 19.1 Å². The summed E-state index contributed by atoms with van der Waals surface area (Å²) in [5.41, 5.74) is 0. The molecule has 0 aromatic heterocycles. The maximum Gasteiger partial charge on any atom is 0.308 e. The van der Waals surface area contributed by atoms with Gasteiger partial charge in [-0.3, -0.25) is 9.59 Å². The van der Waals surface area contributed by atoms with Gasteiger partial charge >= 0.3 is 5.97 Å². The van der Waals surface area contributed by atoms with E-state index in [2.05, 4.69) is 16.4 Å². The summed E-state index contributed by atoms with van der Waals surface area (Å²) in [6, 6.07) is 0. The first-order valence-corrected chi connectivity index (χ1v) is 8.02. The minimum absolute atomic E-state index is 0.264. The van der Waals surface area contributed by atoms with Crippen molar-refractivity contribution in [2.75, 3.05) is 6.79 Å².